The molecule has 0 saturated heterocycles. The summed E-state index contributed by atoms with van der Waals surface area (Å²) in [5, 5.41) is 0. The predicted molar refractivity (Wildman–Crippen MR) is 61.1 cm³/mol. The molecular formula is C13H14F4O2. The second-order valence-corrected chi connectivity index (χ2v) is 4.80. The molecule has 0 aliphatic heterocycles. The quantitative estimate of drug-likeness (QED) is 0.471. The molecule has 0 heterocycles. The van der Waals surface area contributed by atoms with Gasteiger partial charge in [-0.3, -0.25) is 4.79 Å². The number of benzene rings is 1. The van der Waals surface area contributed by atoms with Gasteiger partial charge in [0.1, 0.15) is 11.6 Å². The van der Waals surface area contributed by atoms with Crippen molar-refractivity contribution in [2.75, 3.05) is 0 Å². The van der Waals surface area contributed by atoms with Gasteiger partial charge in [-0.05, 0) is 32.4 Å². The van der Waals surface area contributed by atoms with Gasteiger partial charge in [-0.15, -0.1) is 0 Å². The summed E-state index contributed by atoms with van der Waals surface area (Å²) in [6.45, 7) is 4.94. The highest BCUT2D eigenvalue weighted by Crippen LogP contribution is 2.33. The molecule has 0 saturated carbocycles. The predicted octanol–water partition coefficient (Wildman–Crippen LogP) is 4.19. The van der Waals surface area contributed by atoms with Crippen LogP contribution in [0.1, 0.15) is 32.8 Å². The zero-order valence-electron chi connectivity index (χ0n) is 10.8. The molecule has 0 radical (unpaired) electrons. The minimum Gasteiger partial charge on any atom is -0.426 e. The molecule has 0 bridgehead atoms. The van der Waals surface area contributed by atoms with Gasteiger partial charge in [0.2, 0.25) is 0 Å². The second kappa shape index (κ2) is 5.19. The van der Waals surface area contributed by atoms with Crippen LogP contribution in [0, 0.1) is 11.2 Å². The second-order valence-electron chi connectivity index (χ2n) is 4.80. The fourth-order valence-electron chi connectivity index (χ4n) is 1.17. The fraction of sp³-hybridized carbons (Fsp3) is 0.462. The number of esters is 1. The van der Waals surface area contributed by atoms with Crippen LogP contribution < -0.4 is 4.74 Å². The first-order chi connectivity index (χ1) is 8.56. The van der Waals surface area contributed by atoms with Crippen LogP contribution in [0.4, 0.5) is 17.6 Å². The lowest BCUT2D eigenvalue weighted by molar-refractivity contribution is -0.145. The van der Waals surface area contributed by atoms with Gasteiger partial charge in [0.15, 0.2) is 0 Å². The Labute approximate surface area is 108 Å². The molecule has 1 aromatic carbocycles. The van der Waals surface area contributed by atoms with E-state index in [4.69, 9.17) is 4.74 Å². The van der Waals surface area contributed by atoms with Crippen molar-refractivity contribution in [2.45, 2.75) is 33.4 Å². The van der Waals surface area contributed by atoms with E-state index in [0.717, 1.165) is 6.07 Å². The first kappa shape index (κ1) is 15.5. The molecule has 0 N–H and O–H groups in total. The molecule has 0 unspecified atom stereocenters. The van der Waals surface area contributed by atoms with Crippen molar-refractivity contribution < 1.29 is 27.1 Å². The summed E-state index contributed by atoms with van der Waals surface area (Å²) in [5.41, 5.74) is -2.03. The molecular weight excluding hydrogens is 264 g/mol. The molecule has 1 aromatic rings. The molecule has 0 aliphatic rings. The highest BCUT2D eigenvalue weighted by Gasteiger charge is 2.33. The molecule has 0 amide bonds. The summed E-state index contributed by atoms with van der Waals surface area (Å²) >= 11 is 0. The Kier molecular flexibility index (Phi) is 4.22. The lowest BCUT2D eigenvalue weighted by Gasteiger charge is -2.20. The Bertz CT molecular complexity index is 478. The average molecular weight is 278 g/mol. The first-order valence-electron chi connectivity index (χ1n) is 5.66. The van der Waals surface area contributed by atoms with E-state index in [9.17, 15) is 22.4 Å². The fourth-order valence-corrected chi connectivity index (χ4v) is 1.17. The molecule has 1 rings (SSSR count). The third-order valence-corrected chi connectivity index (χ3v) is 2.85. The molecule has 0 atom stereocenters. The maximum absolute atomic E-state index is 13.1. The van der Waals surface area contributed by atoms with Crippen LogP contribution in [-0.4, -0.2) is 5.97 Å². The van der Waals surface area contributed by atoms with Crippen molar-refractivity contribution in [3.05, 3.63) is 29.6 Å². The SMILES string of the molecule is CCC(C)(C)C(=O)Oc1cc(F)cc(C(F)(F)F)c1. The largest absolute Gasteiger partial charge is 0.426 e. The third kappa shape index (κ3) is 3.94. The Morgan fingerprint density at radius 2 is 1.79 bits per heavy atom. The van der Waals surface area contributed by atoms with Gasteiger partial charge in [0.05, 0.1) is 11.0 Å². The van der Waals surface area contributed by atoms with Crippen LogP contribution in [0.2, 0.25) is 0 Å². The van der Waals surface area contributed by atoms with Crippen molar-refractivity contribution in [1.29, 1.82) is 0 Å². The summed E-state index contributed by atoms with van der Waals surface area (Å²) in [6, 6.07) is 1.70. The number of carbonyl (C=O) groups is 1. The number of alkyl halides is 3. The maximum atomic E-state index is 13.1. The van der Waals surface area contributed by atoms with Gasteiger partial charge in [-0.2, -0.15) is 13.2 Å². The van der Waals surface area contributed by atoms with E-state index < -0.39 is 34.7 Å². The van der Waals surface area contributed by atoms with Gasteiger partial charge in [-0.25, -0.2) is 4.39 Å². The molecule has 19 heavy (non-hydrogen) atoms. The van der Waals surface area contributed by atoms with E-state index in [2.05, 4.69) is 0 Å². The van der Waals surface area contributed by atoms with Gasteiger partial charge < -0.3 is 4.74 Å². The van der Waals surface area contributed by atoms with E-state index in [1.807, 2.05) is 0 Å². The van der Waals surface area contributed by atoms with Gasteiger partial charge >= 0.3 is 12.1 Å². The topological polar surface area (TPSA) is 26.3 Å². The van der Waals surface area contributed by atoms with E-state index in [0.29, 0.717) is 18.6 Å². The Morgan fingerprint density at radius 3 is 2.26 bits per heavy atom. The van der Waals surface area contributed by atoms with Crippen LogP contribution in [0.25, 0.3) is 0 Å². The number of rotatable bonds is 3. The van der Waals surface area contributed by atoms with Crippen LogP contribution in [0.15, 0.2) is 18.2 Å². The van der Waals surface area contributed by atoms with E-state index in [-0.39, 0.29) is 0 Å². The zero-order valence-corrected chi connectivity index (χ0v) is 10.8. The molecule has 0 fully saturated rings. The number of carbonyl (C=O) groups excluding carboxylic acids is 1. The number of ether oxygens (including phenoxy) is 1. The summed E-state index contributed by atoms with van der Waals surface area (Å²) in [6.07, 6.45) is -4.24. The van der Waals surface area contributed by atoms with Crippen LogP contribution in [0.3, 0.4) is 0 Å². The standard InChI is InChI=1S/C13H14F4O2/c1-4-12(2,3)11(18)19-10-6-8(13(15,16)17)5-9(14)7-10/h5-7H,4H2,1-3H3. The van der Waals surface area contributed by atoms with Crippen molar-refractivity contribution in [3.8, 4) is 5.75 Å². The van der Waals surface area contributed by atoms with E-state index in [1.54, 1.807) is 20.8 Å². The molecule has 0 aliphatic carbocycles. The highest BCUT2D eigenvalue weighted by atomic mass is 19.4. The lowest BCUT2D eigenvalue weighted by Crippen LogP contribution is -2.28. The van der Waals surface area contributed by atoms with Gasteiger partial charge in [0.25, 0.3) is 0 Å². The molecule has 2 nitrogen and oxygen atoms in total. The number of hydrogen-bond donors (Lipinski definition) is 0. The summed E-state index contributed by atoms with van der Waals surface area (Å²) in [5.74, 6) is -2.25. The average Bonchev–Trinajstić information content (AvgIpc) is 2.27. The zero-order chi connectivity index (χ0) is 14.8. The van der Waals surface area contributed by atoms with Gasteiger partial charge in [-0.1, -0.05) is 6.92 Å². The molecule has 6 heteroatoms. The van der Waals surface area contributed by atoms with Crippen LogP contribution >= 0.6 is 0 Å². The number of hydrogen-bond acceptors (Lipinski definition) is 2. The lowest BCUT2D eigenvalue weighted by atomic mass is 9.91. The van der Waals surface area contributed by atoms with Gasteiger partial charge in [0, 0.05) is 6.07 Å². The number of halogens is 4. The Morgan fingerprint density at radius 1 is 1.21 bits per heavy atom. The smallest absolute Gasteiger partial charge is 0.416 e. The Balaban J connectivity index is 3.03. The van der Waals surface area contributed by atoms with Crippen molar-refractivity contribution in [3.63, 3.8) is 0 Å². The summed E-state index contributed by atoms with van der Waals surface area (Å²) in [4.78, 5) is 11.7. The van der Waals surface area contributed by atoms with E-state index >= 15 is 0 Å². The minimum absolute atomic E-state index is 0.350. The van der Waals surface area contributed by atoms with Crippen molar-refractivity contribution in [2.24, 2.45) is 5.41 Å². The molecule has 0 aromatic heterocycles. The molecule has 0 spiro atoms. The Hall–Kier alpha value is -1.59. The minimum atomic E-state index is -4.69. The van der Waals surface area contributed by atoms with E-state index in [1.165, 1.54) is 0 Å². The monoisotopic (exact) mass is 278 g/mol. The summed E-state index contributed by atoms with van der Waals surface area (Å²) in [7, 11) is 0. The maximum Gasteiger partial charge on any atom is 0.416 e. The third-order valence-electron chi connectivity index (χ3n) is 2.85. The first-order valence-corrected chi connectivity index (χ1v) is 5.66. The normalized spacial score (nSPS) is 12.4. The molecule has 106 valence electrons. The highest BCUT2D eigenvalue weighted by molar-refractivity contribution is 5.78. The summed E-state index contributed by atoms with van der Waals surface area (Å²) < 4.78 is 55.3. The van der Waals surface area contributed by atoms with Crippen LogP contribution in [-0.2, 0) is 11.0 Å². The van der Waals surface area contributed by atoms with Crippen molar-refractivity contribution >= 4 is 5.97 Å². The van der Waals surface area contributed by atoms with Crippen LogP contribution in [0.5, 0.6) is 5.75 Å². The van der Waals surface area contributed by atoms with Crippen molar-refractivity contribution in [1.82, 2.24) is 0 Å².